The number of nitrogens with one attached hydrogen (secondary N) is 1. The summed E-state index contributed by atoms with van der Waals surface area (Å²) in [7, 11) is 1.65. The van der Waals surface area contributed by atoms with E-state index in [2.05, 4.69) is 29.4 Å². The molecule has 23 heavy (non-hydrogen) atoms. The Kier molecular flexibility index (Phi) is 5.51. The highest BCUT2D eigenvalue weighted by atomic mass is 16.6. The molecule has 0 amide bonds. The minimum Gasteiger partial charge on any atom is -0.497 e. The van der Waals surface area contributed by atoms with Crippen LogP contribution < -0.4 is 10.1 Å². The molecule has 1 atom stereocenters. The van der Waals surface area contributed by atoms with Gasteiger partial charge >= 0.3 is 0 Å². The molecule has 0 fully saturated rings. The minimum absolute atomic E-state index is 0.0136. The number of benzene rings is 1. The summed E-state index contributed by atoms with van der Waals surface area (Å²) in [5.41, 5.74) is 2.04. The number of pyridine rings is 1. The van der Waals surface area contributed by atoms with E-state index in [-0.39, 0.29) is 5.69 Å². The van der Waals surface area contributed by atoms with Gasteiger partial charge in [0.25, 0.3) is 5.69 Å². The van der Waals surface area contributed by atoms with Crippen molar-refractivity contribution in [3.8, 4) is 5.75 Å². The first-order valence-corrected chi connectivity index (χ1v) is 7.50. The first-order chi connectivity index (χ1) is 11.0. The van der Waals surface area contributed by atoms with Gasteiger partial charge in [0.1, 0.15) is 17.8 Å². The molecule has 1 unspecified atom stereocenters. The maximum Gasteiger partial charge on any atom is 0.287 e. The van der Waals surface area contributed by atoms with E-state index >= 15 is 0 Å². The first kappa shape index (κ1) is 16.7. The van der Waals surface area contributed by atoms with Crippen LogP contribution in [-0.2, 0) is 0 Å². The van der Waals surface area contributed by atoms with Gasteiger partial charge in [0.2, 0.25) is 0 Å². The van der Waals surface area contributed by atoms with Crippen molar-refractivity contribution in [1.82, 2.24) is 4.98 Å². The van der Waals surface area contributed by atoms with Gasteiger partial charge < -0.3 is 10.1 Å². The predicted octanol–water partition coefficient (Wildman–Crippen LogP) is 3.91. The molecule has 1 N–H and O–H groups in total. The summed E-state index contributed by atoms with van der Waals surface area (Å²) in [6.45, 7) is 4.73. The largest absolute Gasteiger partial charge is 0.497 e. The van der Waals surface area contributed by atoms with Crippen molar-refractivity contribution < 1.29 is 9.66 Å². The van der Waals surface area contributed by atoms with Gasteiger partial charge in [-0.25, -0.2) is 4.98 Å². The topological polar surface area (TPSA) is 77.3 Å². The maximum absolute atomic E-state index is 10.7. The number of aryl methyl sites for hydroxylation is 1. The van der Waals surface area contributed by atoms with Crippen molar-refractivity contribution in [1.29, 1.82) is 0 Å². The number of hydrogen-bond donors (Lipinski definition) is 1. The minimum atomic E-state index is -0.435. The summed E-state index contributed by atoms with van der Waals surface area (Å²) in [4.78, 5) is 14.4. The summed E-state index contributed by atoms with van der Waals surface area (Å²) in [5, 5.41) is 14.0. The fourth-order valence-electron chi connectivity index (χ4n) is 2.35. The lowest BCUT2D eigenvalue weighted by Crippen LogP contribution is -2.08. The Morgan fingerprint density at radius 3 is 2.61 bits per heavy atom. The first-order valence-electron chi connectivity index (χ1n) is 7.50. The number of nitro groups is 1. The van der Waals surface area contributed by atoms with Crippen LogP contribution in [0.2, 0.25) is 0 Å². The van der Waals surface area contributed by atoms with Gasteiger partial charge in [-0.2, -0.15) is 0 Å². The van der Waals surface area contributed by atoms with Crippen LogP contribution in [0.3, 0.4) is 0 Å². The van der Waals surface area contributed by atoms with E-state index in [4.69, 9.17) is 4.74 Å². The number of nitrogens with zero attached hydrogens (tertiary/aromatic N) is 2. The normalized spacial score (nSPS) is 11.8. The smallest absolute Gasteiger partial charge is 0.287 e. The zero-order valence-electron chi connectivity index (χ0n) is 13.6. The van der Waals surface area contributed by atoms with E-state index in [0.717, 1.165) is 24.3 Å². The number of aromatic nitrogens is 1. The Morgan fingerprint density at radius 1 is 1.35 bits per heavy atom. The van der Waals surface area contributed by atoms with Gasteiger partial charge in [0.15, 0.2) is 0 Å². The molecule has 1 aromatic carbocycles. The fraction of sp³-hybridized carbons (Fsp3) is 0.353. The van der Waals surface area contributed by atoms with Gasteiger partial charge in [0.05, 0.1) is 12.0 Å². The molecule has 0 aliphatic rings. The number of anilines is 1. The summed E-state index contributed by atoms with van der Waals surface area (Å²) in [5.74, 6) is 1.94. The number of ether oxygens (including phenoxy) is 1. The van der Waals surface area contributed by atoms with Gasteiger partial charge in [0, 0.05) is 12.6 Å². The van der Waals surface area contributed by atoms with Crippen LogP contribution in [0.25, 0.3) is 0 Å². The van der Waals surface area contributed by atoms with E-state index < -0.39 is 4.92 Å². The molecule has 1 heterocycles. The third-order valence-electron chi connectivity index (χ3n) is 3.83. The lowest BCUT2D eigenvalue weighted by Gasteiger charge is -2.14. The SMILES string of the molecule is COc1ccc(C(C)CCNc2ncc([N+](=O)[O-])cc2C)cc1. The van der Waals surface area contributed by atoms with Gasteiger partial charge in [-0.15, -0.1) is 0 Å². The molecular weight excluding hydrogens is 294 g/mol. The Hall–Kier alpha value is -2.63. The van der Waals surface area contributed by atoms with E-state index in [1.54, 1.807) is 7.11 Å². The average Bonchev–Trinajstić information content (AvgIpc) is 2.56. The zero-order valence-corrected chi connectivity index (χ0v) is 13.6. The van der Waals surface area contributed by atoms with Crippen LogP contribution in [0.15, 0.2) is 36.5 Å². The molecule has 2 rings (SSSR count). The molecule has 1 aromatic heterocycles. The molecule has 122 valence electrons. The molecule has 0 aliphatic heterocycles. The van der Waals surface area contributed by atoms with Crippen LogP contribution in [0.1, 0.15) is 30.4 Å². The zero-order chi connectivity index (χ0) is 16.8. The third kappa shape index (κ3) is 4.42. The number of methoxy groups -OCH3 is 1. The molecule has 6 nitrogen and oxygen atoms in total. The maximum atomic E-state index is 10.7. The Bertz CT molecular complexity index is 671. The van der Waals surface area contributed by atoms with Crippen LogP contribution in [0.4, 0.5) is 11.5 Å². The standard InChI is InChI=1S/C17H21N3O3/c1-12(14-4-6-16(23-3)7-5-14)8-9-18-17-13(2)10-15(11-19-17)20(21)22/h4-7,10-12H,8-9H2,1-3H3,(H,18,19). The Labute approximate surface area is 135 Å². The van der Waals surface area contributed by atoms with E-state index in [1.165, 1.54) is 17.8 Å². The van der Waals surface area contributed by atoms with Crippen molar-refractivity contribution in [2.45, 2.75) is 26.2 Å². The molecule has 6 heteroatoms. The van der Waals surface area contributed by atoms with E-state index in [9.17, 15) is 10.1 Å². The molecule has 0 saturated carbocycles. The van der Waals surface area contributed by atoms with Crippen molar-refractivity contribution in [3.63, 3.8) is 0 Å². The lowest BCUT2D eigenvalue weighted by molar-refractivity contribution is -0.385. The summed E-state index contributed by atoms with van der Waals surface area (Å²) < 4.78 is 5.16. The highest BCUT2D eigenvalue weighted by Crippen LogP contribution is 2.23. The van der Waals surface area contributed by atoms with Gasteiger partial charge in [-0.3, -0.25) is 10.1 Å². The molecular formula is C17H21N3O3. The molecule has 0 aliphatic carbocycles. The van der Waals surface area contributed by atoms with Crippen LogP contribution in [-0.4, -0.2) is 23.6 Å². The Balaban J connectivity index is 1.90. The van der Waals surface area contributed by atoms with Crippen molar-refractivity contribution in [2.24, 2.45) is 0 Å². The quantitative estimate of drug-likeness (QED) is 0.619. The second kappa shape index (κ2) is 7.58. The van der Waals surface area contributed by atoms with E-state index in [1.807, 2.05) is 19.1 Å². The van der Waals surface area contributed by atoms with Crippen LogP contribution >= 0.6 is 0 Å². The van der Waals surface area contributed by atoms with Crippen molar-refractivity contribution >= 4 is 11.5 Å². The highest BCUT2D eigenvalue weighted by molar-refractivity contribution is 5.48. The number of hydrogen-bond acceptors (Lipinski definition) is 5. The average molecular weight is 315 g/mol. The third-order valence-corrected chi connectivity index (χ3v) is 3.83. The molecule has 0 bridgehead atoms. The molecule has 0 saturated heterocycles. The summed E-state index contributed by atoms with van der Waals surface area (Å²) in [6.07, 6.45) is 2.21. The monoisotopic (exact) mass is 315 g/mol. The highest BCUT2D eigenvalue weighted by Gasteiger charge is 2.10. The second-order valence-electron chi connectivity index (χ2n) is 5.51. The van der Waals surface area contributed by atoms with Gasteiger partial charge in [-0.05, 0) is 42.5 Å². The lowest BCUT2D eigenvalue weighted by atomic mass is 9.98. The van der Waals surface area contributed by atoms with Crippen molar-refractivity contribution in [3.05, 3.63) is 57.8 Å². The van der Waals surface area contributed by atoms with Crippen LogP contribution in [0, 0.1) is 17.0 Å². The summed E-state index contributed by atoms with van der Waals surface area (Å²) >= 11 is 0. The Morgan fingerprint density at radius 2 is 2.04 bits per heavy atom. The second-order valence-corrected chi connectivity index (χ2v) is 5.51. The molecule has 2 aromatic rings. The molecule has 0 radical (unpaired) electrons. The van der Waals surface area contributed by atoms with E-state index in [0.29, 0.717) is 11.7 Å². The van der Waals surface area contributed by atoms with Crippen LogP contribution in [0.5, 0.6) is 5.75 Å². The fourth-order valence-corrected chi connectivity index (χ4v) is 2.35. The van der Waals surface area contributed by atoms with Gasteiger partial charge in [-0.1, -0.05) is 19.1 Å². The molecule has 0 spiro atoms. The van der Waals surface area contributed by atoms with Crippen molar-refractivity contribution in [2.75, 3.05) is 19.0 Å². The predicted molar refractivity (Wildman–Crippen MR) is 90.1 cm³/mol. The summed E-state index contributed by atoms with van der Waals surface area (Å²) in [6, 6.07) is 9.59. The number of rotatable bonds is 7.